The van der Waals surface area contributed by atoms with Crippen LogP contribution >= 0.6 is 0 Å². The summed E-state index contributed by atoms with van der Waals surface area (Å²) in [4.78, 5) is 35.0. The standard InChI is InChI=1S/C17H21NO6/c1-10(16(21)18-9-15(20)23-2)24-17(22)13-7-11-5-3-4-6-12(11)8-14(13)19/h7-8,10,19H,3-6,9H2,1-2H3,(H,18,21)/t10-/m1/s1. The number of benzene rings is 1. The van der Waals surface area contributed by atoms with E-state index in [1.54, 1.807) is 12.1 Å². The Morgan fingerprint density at radius 2 is 1.83 bits per heavy atom. The number of carbonyl (C=O) groups is 3. The lowest BCUT2D eigenvalue weighted by Gasteiger charge is -2.18. The van der Waals surface area contributed by atoms with Gasteiger partial charge in [0.2, 0.25) is 0 Å². The van der Waals surface area contributed by atoms with Crippen molar-refractivity contribution in [3.8, 4) is 5.75 Å². The van der Waals surface area contributed by atoms with Crippen molar-refractivity contribution in [3.63, 3.8) is 0 Å². The van der Waals surface area contributed by atoms with Gasteiger partial charge in [-0.05, 0) is 55.9 Å². The van der Waals surface area contributed by atoms with E-state index in [-0.39, 0.29) is 17.9 Å². The molecule has 130 valence electrons. The van der Waals surface area contributed by atoms with Gasteiger partial charge in [-0.1, -0.05) is 0 Å². The van der Waals surface area contributed by atoms with Gasteiger partial charge in [-0.15, -0.1) is 0 Å². The molecule has 0 radical (unpaired) electrons. The number of nitrogens with one attached hydrogen (secondary N) is 1. The van der Waals surface area contributed by atoms with Crippen molar-refractivity contribution in [3.05, 3.63) is 28.8 Å². The van der Waals surface area contributed by atoms with Crippen molar-refractivity contribution in [1.29, 1.82) is 0 Å². The molecule has 0 aliphatic heterocycles. The van der Waals surface area contributed by atoms with Crippen LogP contribution in [0, 0.1) is 0 Å². The molecule has 0 bridgehead atoms. The van der Waals surface area contributed by atoms with Crippen LogP contribution in [0.15, 0.2) is 12.1 Å². The van der Waals surface area contributed by atoms with Crippen LogP contribution in [-0.4, -0.2) is 42.7 Å². The second kappa shape index (κ2) is 7.81. The van der Waals surface area contributed by atoms with Gasteiger partial charge in [-0.2, -0.15) is 0 Å². The van der Waals surface area contributed by atoms with Crippen molar-refractivity contribution in [2.75, 3.05) is 13.7 Å². The predicted molar refractivity (Wildman–Crippen MR) is 84.7 cm³/mol. The second-order valence-electron chi connectivity index (χ2n) is 5.69. The highest BCUT2D eigenvalue weighted by atomic mass is 16.5. The molecule has 1 aliphatic rings. The zero-order valence-corrected chi connectivity index (χ0v) is 13.8. The zero-order valence-electron chi connectivity index (χ0n) is 13.8. The number of fused-ring (bicyclic) bond motifs is 1. The number of ether oxygens (including phenoxy) is 2. The molecule has 0 fully saturated rings. The lowest BCUT2D eigenvalue weighted by molar-refractivity contribution is -0.142. The maximum atomic E-state index is 12.2. The monoisotopic (exact) mass is 335 g/mol. The first-order valence-corrected chi connectivity index (χ1v) is 7.82. The number of phenolic OH excluding ortho intramolecular Hbond substituents is 1. The molecule has 0 saturated heterocycles. The third-order valence-corrected chi connectivity index (χ3v) is 3.97. The van der Waals surface area contributed by atoms with Crippen LogP contribution in [0.2, 0.25) is 0 Å². The number of esters is 2. The van der Waals surface area contributed by atoms with Gasteiger partial charge in [-0.3, -0.25) is 9.59 Å². The van der Waals surface area contributed by atoms with Crippen LogP contribution in [0.3, 0.4) is 0 Å². The summed E-state index contributed by atoms with van der Waals surface area (Å²) in [6, 6.07) is 3.22. The quantitative estimate of drug-likeness (QED) is 0.782. The van der Waals surface area contributed by atoms with E-state index in [9.17, 15) is 19.5 Å². The Hall–Kier alpha value is -2.57. The summed E-state index contributed by atoms with van der Waals surface area (Å²) in [6.07, 6.45) is 2.74. The van der Waals surface area contributed by atoms with Crippen LogP contribution in [0.4, 0.5) is 0 Å². The SMILES string of the molecule is COC(=O)CNC(=O)[C@@H](C)OC(=O)c1cc2c(cc1O)CCCC2. The average molecular weight is 335 g/mol. The molecule has 7 heteroatoms. The first kappa shape index (κ1) is 17.8. The first-order valence-electron chi connectivity index (χ1n) is 7.82. The highest BCUT2D eigenvalue weighted by molar-refractivity contribution is 5.95. The lowest BCUT2D eigenvalue weighted by atomic mass is 9.90. The van der Waals surface area contributed by atoms with E-state index in [0.29, 0.717) is 0 Å². The van der Waals surface area contributed by atoms with Crippen molar-refractivity contribution < 1.29 is 29.0 Å². The van der Waals surface area contributed by atoms with Crippen LogP contribution < -0.4 is 5.32 Å². The minimum atomic E-state index is -1.10. The molecule has 2 rings (SSSR count). The van der Waals surface area contributed by atoms with Gasteiger partial charge in [0, 0.05) is 0 Å². The fraction of sp³-hybridized carbons (Fsp3) is 0.471. The third-order valence-electron chi connectivity index (χ3n) is 3.97. The van der Waals surface area contributed by atoms with Gasteiger partial charge in [0.1, 0.15) is 17.9 Å². The summed E-state index contributed by atoms with van der Waals surface area (Å²) in [5.74, 6) is -2.15. The Kier molecular flexibility index (Phi) is 5.78. The van der Waals surface area contributed by atoms with Crippen LogP contribution in [0.25, 0.3) is 0 Å². The number of phenols is 1. The minimum absolute atomic E-state index is 0.0447. The lowest BCUT2D eigenvalue weighted by Crippen LogP contribution is -2.38. The number of aryl methyl sites for hydroxylation is 2. The molecular weight excluding hydrogens is 314 g/mol. The molecule has 1 aromatic carbocycles. The summed E-state index contributed by atoms with van der Waals surface area (Å²) in [5.41, 5.74) is 2.11. The van der Waals surface area contributed by atoms with Gasteiger partial charge in [0.15, 0.2) is 6.10 Å². The normalized spacial score (nSPS) is 14.2. The molecule has 24 heavy (non-hydrogen) atoms. The van der Waals surface area contributed by atoms with Crippen LogP contribution in [0.1, 0.15) is 41.3 Å². The van der Waals surface area contributed by atoms with Crippen molar-refractivity contribution in [2.45, 2.75) is 38.7 Å². The second-order valence-corrected chi connectivity index (χ2v) is 5.69. The van der Waals surface area contributed by atoms with E-state index in [1.807, 2.05) is 0 Å². The van der Waals surface area contributed by atoms with Gasteiger partial charge in [-0.25, -0.2) is 4.79 Å². The van der Waals surface area contributed by atoms with Crippen molar-refractivity contribution in [2.24, 2.45) is 0 Å². The number of methoxy groups -OCH3 is 1. The largest absolute Gasteiger partial charge is 0.507 e. The van der Waals surface area contributed by atoms with E-state index in [2.05, 4.69) is 10.1 Å². The van der Waals surface area contributed by atoms with Gasteiger partial charge in [0.25, 0.3) is 5.91 Å². The number of hydrogen-bond acceptors (Lipinski definition) is 6. The molecule has 0 unspecified atom stereocenters. The highest BCUT2D eigenvalue weighted by Gasteiger charge is 2.23. The topological polar surface area (TPSA) is 102 Å². The van der Waals surface area contributed by atoms with E-state index >= 15 is 0 Å². The molecule has 0 heterocycles. The highest BCUT2D eigenvalue weighted by Crippen LogP contribution is 2.29. The zero-order chi connectivity index (χ0) is 17.7. The van der Waals surface area contributed by atoms with E-state index in [0.717, 1.165) is 36.8 Å². The Morgan fingerprint density at radius 3 is 2.46 bits per heavy atom. The molecule has 0 aromatic heterocycles. The molecule has 1 aliphatic carbocycles. The molecule has 2 N–H and O–H groups in total. The Bertz CT molecular complexity index is 655. The average Bonchev–Trinajstić information content (AvgIpc) is 2.58. The molecular formula is C17H21NO6. The van der Waals surface area contributed by atoms with E-state index < -0.39 is 23.9 Å². The van der Waals surface area contributed by atoms with Crippen molar-refractivity contribution >= 4 is 17.8 Å². The van der Waals surface area contributed by atoms with Gasteiger partial charge >= 0.3 is 11.9 Å². The fourth-order valence-corrected chi connectivity index (χ4v) is 2.59. The Balaban J connectivity index is 2.01. The summed E-state index contributed by atoms with van der Waals surface area (Å²) >= 11 is 0. The summed E-state index contributed by atoms with van der Waals surface area (Å²) < 4.78 is 9.48. The fourth-order valence-electron chi connectivity index (χ4n) is 2.59. The Morgan fingerprint density at radius 1 is 1.21 bits per heavy atom. The summed E-state index contributed by atoms with van der Waals surface area (Å²) in [6.45, 7) is 1.08. The van der Waals surface area contributed by atoms with Gasteiger partial charge < -0.3 is 19.9 Å². The molecule has 1 atom stereocenters. The number of amides is 1. The summed E-state index contributed by atoms with van der Waals surface area (Å²) in [7, 11) is 1.21. The number of hydrogen-bond donors (Lipinski definition) is 2. The molecule has 1 aromatic rings. The number of rotatable bonds is 5. The van der Waals surface area contributed by atoms with E-state index in [4.69, 9.17) is 4.74 Å². The summed E-state index contributed by atoms with van der Waals surface area (Å²) in [5, 5.41) is 12.3. The smallest absolute Gasteiger partial charge is 0.342 e. The first-order chi connectivity index (χ1) is 11.4. The minimum Gasteiger partial charge on any atom is -0.507 e. The molecule has 0 saturated carbocycles. The van der Waals surface area contributed by atoms with Gasteiger partial charge in [0.05, 0.1) is 7.11 Å². The molecule has 0 spiro atoms. The molecule has 1 amide bonds. The van der Waals surface area contributed by atoms with Crippen LogP contribution in [0.5, 0.6) is 5.75 Å². The predicted octanol–water partition coefficient (Wildman–Crippen LogP) is 1.11. The number of carbonyl (C=O) groups excluding carboxylic acids is 3. The maximum absolute atomic E-state index is 12.2. The third kappa shape index (κ3) is 4.24. The molecule has 7 nitrogen and oxygen atoms in total. The van der Waals surface area contributed by atoms with E-state index in [1.165, 1.54) is 14.0 Å². The van der Waals surface area contributed by atoms with Crippen molar-refractivity contribution in [1.82, 2.24) is 5.32 Å². The van der Waals surface area contributed by atoms with Crippen LogP contribution in [-0.2, 0) is 31.9 Å². The Labute approximate surface area is 139 Å². The maximum Gasteiger partial charge on any atom is 0.342 e. The number of aromatic hydroxyl groups is 1.